The predicted molar refractivity (Wildman–Crippen MR) is 54.4 cm³/mol. The predicted octanol–water partition coefficient (Wildman–Crippen LogP) is 1.36. The summed E-state index contributed by atoms with van der Waals surface area (Å²) in [5, 5.41) is 0. The van der Waals surface area contributed by atoms with E-state index in [1.807, 2.05) is 18.2 Å². The van der Waals surface area contributed by atoms with Crippen molar-refractivity contribution >= 4 is 16.8 Å². The average molecular weight is 212 g/mol. The molecular formula is C10H12O3S. The van der Waals surface area contributed by atoms with Gasteiger partial charge in [0.1, 0.15) is 0 Å². The molecule has 1 aromatic carbocycles. The van der Waals surface area contributed by atoms with Crippen LogP contribution in [0.4, 0.5) is 0 Å². The second-order valence-corrected chi connectivity index (χ2v) is 4.26. The van der Waals surface area contributed by atoms with Crippen molar-refractivity contribution in [1.29, 1.82) is 0 Å². The molecule has 0 amide bonds. The van der Waals surface area contributed by atoms with Crippen molar-refractivity contribution < 1.29 is 13.7 Å². The topological polar surface area (TPSA) is 43.4 Å². The molecule has 0 aliphatic carbocycles. The van der Waals surface area contributed by atoms with Crippen molar-refractivity contribution in [2.75, 3.05) is 12.9 Å². The molecule has 0 aliphatic rings. The molecule has 0 unspecified atom stereocenters. The summed E-state index contributed by atoms with van der Waals surface area (Å²) in [6.07, 6.45) is 0.192. The molecular weight excluding hydrogens is 200 g/mol. The zero-order valence-corrected chi connectivity index (χ0v) is 8.75. The highest BCUT2D eigenvalue weighted by Crippen LogP contribution is 2.06. The van der Waals surface area contributed by atoms with Gasteiger partial charge in [-0.3, -0.25) is 9.00 Å². The summed E-state index contributed by atoms with van der Waals surface area (Å²) < 4.78 is 16.0. The molecule has 1 aromatic rings. The lowest BCUT2D eigenvalue weighted by atomic mass is 10.4. The van der Waals surface area contributed by atoms with E-state index in [2.05, 4.69) is 4.74 Å². The molecule has 1 atom stereocenters. The molecule has 0 aromatic heterocycles. The Kier molecular flexibility index (Phi) is 4.32. The summed E-state index contributed by atoms with van der Waals surface area (Å²) in [5.74, 6) is -0.00858. The van der Waals surface area contributed by atoms with E-state index in [1.165, 1.54) is 7.11 Å². The molecule has 1 rings (SSSR count). The monoisotopic (exact) mass is 212 g/mol. The quantitative estimate of drug-likeness (QED) is 0.708. The third-order valence-electron chi connectivity index (χ3n) is 1.73. The highest BCUT2D eigenvalue weighted by Gasteiger charge is 2.06. The molecule has 76 valence electrons. The third kappa shape index (κ3) is 3.30. The van der Waals surface area contributed by atoms with Gasteiger partial charge < -0.3 is 4.74 Å². The van der Waals surface area contributed by atoms with Crippen molar-refractivity contribution in [1.82, 2.24) is 0 Å². The average Bonchev–Trinajstić information content (AvgIpc) is 2.26. The largest absolute Gasteiger partial charge is 0.469 e. The Morgan fingerprint density at radius 1 is 1.36 bits per heavy atom. The number of ether oxygens (including phenoxy) is 1. The van der Waals surface area contributed by atoms with Gasteiger partial charge in [-0.05, 0) is 12.1 Å². The van der Waals surface area contributed by atoms with Crippen LogP contribution >= 0.6 is 0 Å². The fraction of sp³-hybridized carbons (Fsp3) is 0.300. The number of benzene rings is 1. The van der Waals surface area contributed by atoms with Gasteiger partial charge in [0.25, 0.3) is 0 Å². The number of hydrogen-bond donors (Lipinski definition) is 0. The standard InChI is InChI=1S/C10H12O3S/c1-13-10(11)7-8-14(12)9-5-3-2-4-6-9/h2-6H,7-8H2,1H3/t14-/m1/s1. The van der Waals surface area contributed by atoms with E-state index in [1.54, 1.807) is 12.1 Å². The zero-order valence-electron chi connectivity index (χ0n) is 7.93. The number of esters is 1. The highest BCUT2D eigenvalue weighted by atomic mass is 32.2. The number of carbonyl (C=O) groups excluding carboxylic acids is 1. The van der Waals surface area contributed by atoms with Crippen LogP contribution < -0.4 is 0 Å². The van der Waals surface area contributed by atoms with Gasteiger partial charge in [0, 0.05) is 10.6 Å². The van der Waals surface area contributed by atoms with Crippen LogP contribution in [0.15, 0.2) is 35.2 Å². The molecule has 0 spiro atoms. The molecule has 0 saturated carbocycles. The summed E-state index contributed by atoms with van der Waals surface area (Å²) in [7, 11) is 0.221. The summed E-state index contributed by atoms with van der Waals surface area (Å²) >= 11 is 0. The van der Waals surface area contributed by atoms with Gasteiger partial charge >= 0.3 is 5.97 Å². The Labute approximate surface area is 85.5 Å². The van der Waals surface area contributed by atoms with E-state index in [4.69, 9.17) is 0 Å². The fourth-order valence-corrected chi connectivity index (χ4v) is 2.02. The minimum absolute atomic E-state index is 0.192. The summed E-state index contributed by atoms with van der Waals surface area (Å²) in [4.78, 5) is 11.5. The van der Waals surface area contributed by atoms with Crippen molar-refractivity contribution in [2.45, 2.75) is 11.3 Å². The van der Waals surface area contributed by atoms with Gasteiger partial charge in [0.15, 0.2) is 0 Å². The number of rotatable bonds is 4. The van der Waals surface area contributed by atoms with Crippen LogP contribution in [0.25, 0.3) is 0 Å². The molecule has 0 radical (unpaired) electrons. The molecule has 0 aliphatic heterocycles. The second kappa shape index (κ2) is 5.54. The SMILES string of the molecule is COC(=O)CC[S@@](=O)c1ccccc1. The van der Waals surface area contributed by atoms with E-state index >= 15 is 0 Å². The van der Waals surface area contributed by atoms with E-state index in [0.717, 1.165) is 4.90 Å². The Bertz CT molecular complexity index is 321. The van der Waals surface area contributed by atoms with Crippen molar-refractivity contribution in [2.24, 2.45) is 0 Å². The van der Waals surface area contributed by atoms with Crippen LogP contribution in [-0.2, 0) is 20.3 Å². The maximum Gasteiger partial charge on any atom is 0.306 e. The van der Waals surface area contributed by atoms with Gasteiger partial charge in [0.05, 0.1) is 24.3 Å². The van der Waals surface area contributed by atoms with Crippen molar-refractivity contribution in [3.8, 4) is 0 Å². The Morgan fingerprint density at radius 3 is 2.57 bits per heavy atom. The smallest absolute Gasteiger partial charge is 0.306 e. The number of carbonyl (C=O) groups is 1. The molecule has 0 heterocycles. The summed E-state index contributed by atoms with van der Waals surface area (Å²) in [5.41, 5.74) is 0. The van der Waals surface area contributed by atoms with Crippen molar-refractivity contribution in [3.63, 3.8) is 0 Å². The Hall–Kier alpha value is -1.16. The zero-order chi connectivity index (χ0) is 10.4. The van der Waals surface area contributed by atoms with E-state index in [9.17, 15) is 9.00 Å². The van der Waals surface area contributed by atoms with Crippen LogP contribution in [0.2, 0.25) is 0 Å². The molecule has 0 N–H and O–H groups in total. The number of methoxy groups -OCH3 is 1. The summed E-state index contributed by atoms with van der Waals surface area (Å²) in [6.45, 7) is 0. The normalized spacial score (nSPS) is 12.1. The van der Waals surface area contributed by atoms with E-state index < -0.39 is 10.8 Å². The fourth-order valence-electron chi connectivity index (χ4n) is 0.968. The first-order chi connectivity index (χ1) is 6.74. The minimum atomic E-state index is -1.11. The third-order valence-corrected chi connectivity index (χ3v) is 3.10. The van der Waals surface area contributed by atoms with Crippen molar-refractivity contribution in [3.05, 3.63) is 30.3 Å². The van der Waals surface area contributed by atoms with E-state index in [0.29, 0.717) is 5.75 Å². The molecule has 0 fully saturated rings. The first kappa shape index (κ1) is 10.9. The van der Waals surface area contributed by atoms with Gasteiger partial charge in [0.2, 0.25) is 0 Å². The van der Waals surface area contributed by atoms with Crippen LogP contribution in [0.5, 0.6) is 0 Å². The Morgan fingerprint density at radius 2 is 2.00 bits per heavy atom. The van der Waals surface area contributed by atoms with Gasteiger partial charge in [-0.2, -0.15) is 0 Å². The second-order valence-electron chi connectivity index (χ2n) is 2.69. The van der Waals surface area contributed by atoms with Crippen LogP contribution in [-0.4, -0.2) is 23.0 Å². The number of hydrogen-bond acceptors (Lipinski definition) is 3. The lowest BCUT2D eigenvalue weighted by Gasteiger charge is -2.00. The van der Waals surface area contributed by atoms with Crippen LogP contribution in [0.3, 0.4) is 0 Å². The first-order valence-corrected chi connectivity index (χ1v) is 5.56. The van der Waals surface area contributed by atoms with Crippen LogP contribution in [0.1, 0.15) is 6.42 Å². The molecule has 0 bridgehead atoms. The summed E-state index contributed by atoms with van der Waals surface area (Å²) in [6, 6.07) is 9.08. The van der Waals surface area contributed by atoms with Gasteiger partial charge in [-0.1, -0.05) is 18.2 Å². The lowest BCUT2D eigenvalue weighted by Crippen LogP contribution is -2.07. The van der Waals surface area contributed by atoms with E-state index in [-0.39, 0.29) is 12.4 Å². The lowest BCUT2D eigenvalue weighted by molar-refractivity contribution is -0.140. The van der Waals surface area contributed by atoms with Gasteiger partial charge in [-0.15, -0.1) is 0 Å². The first-order valence-electron chi connectivity index (χ1n) is 4.24. The molecule has 3 nitrogen and oxygen atoms in total. The minimum Gasteiger partial charge on any atom is -0.469 e. The van der Waals surface area contributed by atoms with Gasteiger partial charge in [-0.25, -0.2) is 0 Å². The van der Waals surface area contributed by atoms with Crippen LogP contribution in [0, 0.1) is 0 Å². The molecule has 14 heavy (non-hydrogen) atoms. The highest BCUT2D eigenvalue weighted by molar-refractivity contribution is 7.85. The molecule has 0 saturated heterocycles. The maximum atomic E-state index is 11.6. The molecule has 4 heteroatoms. The maximum absolute atomic E-state index is 11.6. The Balaban J connectivity index is 2.48.